The van der Waals surface area contributed by atoms with Crippen molar-refractivity contribution in [3.05, 3.63) is 23.5 Å². The van der Waals surface area contributed by atoms with Gasteiger partial charge in [-0.15, -0.1) is 0 Å². The van der Waals surface area contributed by atoms with Crippen molar-refractivity contribution < 1.29 is 18.8 Å². The Morgan fingerprint density at radius 1 is 1.47 bits per heavy atom. The van der Waals surface area contributed by atoms with Crippen LogP contribution in [-0.2, 0) is 9.53 Å². The fourth-order valence-electron chi connectivity index (χ4n) is 1.55. The first kappa shape index (κ1) is 13.0. The van der Waals surface area contributed by atoms with Gasteiger partial charge in [0, 0.05) is 12.7 Å². The molecule has 0 fully saturated rings. The third kappa shape index (κ3) is 2.87. The van der Waals surface area contributed by atoms with Crippen LogP contribution in [-0.4, -0.2) is 35.7 Å². The molecule has 0 unspecified atom stereocenters. The number of hydrogen-bond donors (Lipinski definition) is 1. The number of pyridine rings is 1. The first-order chi connectivity index (χ1) is 9.11. The number of nitrogens with zero attached hydrogens (tertiary/aromatic N) is 2. The number of fused-ring (bicyclic) bond motifs is 1. The minimum atomic E-state index is -0.372. The Morgan fingerprint density at radius 3 is 3.00 bits per heavy atom. The zero-order valence-electron chi connectivity index (χ0n) is 10.6. The average Bonchev–Trinajstić information content (AvgIpc) is 2.79. The molecule has 2 aromatic rings. The van der Waals surface area contributed by atoms with E-state index in [0.29, 0.717) is 22.4 Å². The Morgan fingerprint density at radius 2 is 2.26 bits per heavy atom. The maximum absolute atomic E-state index is 11.8. The van der Waals surface area contributed by atoms with E-state index in [-0.39, 0.29) is 24.8 Å². The second-order valence-corrected chi connectivity index (χ2v) is 3.93. The van der Waals surface area contributed by atoms with Gasteiger partial charge in [0.05, 0.1) is 30.2 Å². The summed E-state index contributed by atoms with van der Waals surface area (Å²) in [5, 5.41) is 7.07. The van der Waals surface area contributed by atoms with Crippen LogP contribution in [0.3, 0.4) is 0 Å². The molecule has 0 bridgehead atoms. The Balaban J connectivity index is 2.04. The van der Waals surface area contributed by atoms with Gasteiger partial charge in [0.1, 0.15) is 0 Å². The van der Waals surface area contributed by atoms with Crippen molar-refractivity contribution in [1.82, 2.24) is 15.5 Å². The number of esters is 1. The summed E-state index contributed by atoms with van der Waals surface area (Å²) in [6.45, 7) is 1.98. The highest BCUT2D eigenvalue weighted by Crippen LogP contribution is 2.16. The lowest BCUT2D eigenvalue weighted by molar-refractivity contribution is -0.140. The number of amides is 1. The lowest BCUT2D eigenvalue weighted by Crippen LogP contribution is -2.26. The van der Waals surface area contributed by atoms with Crippen LogP contribution in [0.2, 0.25) is 0 Å². The van der Waals surface area contributed by atoms with E-state index < -0.39 is 0 Å². The zero-order chi connectivity index (χ0) is 13.8. The van der Waals surface area contributed by atoms with Gasteiger partial charge in [-0.2, -0.15) is 0 Å². The van der Waals surface area contributed by atoms with E-state index >= 15 is 0 Å². The summed E-state index contributed by atoms with van der Waals surface area (Å²) in [4.78, 5) is 26.7. The number of nitrogens with one attached hydrogen (secondary N) is 1. The van der Waals surface area contributed by atoms with Crippen molar-refractivity contribution in [3.63, 3.8) is 0 Å². The molecule has 2 heterocycles. The number of aryl methyl sites for hydroxylation is 1. The van der Waals surface area contributed by atoms with Crippen LogP contribution in [0.15, 0.2) is 16.8 Å². The standard InChI is InChI=1S/C12H13N3O4/c1-7-9-5-8(6-14-12(9)19-15-7)11(17)13-4-3-10(16)18-2/h5-6H,3-4H2,1-2H3,(H,13,17). The van der Waals surface area contributed by atoms with E-state index in [4.69, 9.17) is 4.52 Å². The largest absolute Gasteiger partial charge is 0.469 e. The van der Waals surface area contributed by atoms with E-state index in [1.807, 2.05) is 0 Å². The Hall–Kier alpha value is -2.44. The molecule has 7 heteroatoms. The maximum atomic E-state index is 11.8. The number of rotatable bonds is 4. The van der Waals surface area contributed by atoms with Gasteiger partial charge in [0.25, 0.3) is 11.6 Å². The molecule has 0 aliphatic heterocycles. The van der Waals surface area contributed by atoms with Crippen LogP contribution >= 0.6 is 0 Å². The van der Waals surface area contributed by atoms with Gasteiger partial charge >= 0.3 is 5.97 Å². The molecule has 7 nitrogen and oxygen atoms in total. The molecule has 1 N–H and O–H groups in total. The summed E-state index contributed by atoms with van der Waals surface area (Å²) in [5.41, 5.74) is 1.46. The highest BCUT2D eigenvalue weighted by atomic mass is 16.5. The summed E-state index contributed by atoms with van der Waals surface area (Å²) < 4.78 is 9.43. The highest BCUT2D eigenvalue weighted by Gasteiger charge is 2.11. The molecule has 0 spiro atoms. The molecule has 100 valence electrons. The van der Waals surface area contributed by atoms with E-state index in [9.17, 15) is 9.59 Å². The molecule has 0 aliphatic carbocycles. The number of ether oxygens (including phenoxy) is 1. The number of carbonyl (C=O) groups is 2. The van der Waals surface area contributed by atoms with Crippen molar-refractivity contribution in [2.45, 2.75) is 13.3 Å². The fraction of sp³-hybridized carbons (Fsp3) is 0.333. The first-order valence-corrected chi connectivity index (χ1v) is 5.69. The van der Waals surface area contributed by atoms with Crippen LogP contribution in [0.1, 0.15) is 22.5 Å². The Labute approximate surface area is 108 Å². The van der Waals surface area contributed by atoms with Crippen LogP contribution in [0, 0.1) is 6.92 Å². The predicted octanol–water partition coefficient (Wildman–Crippen LogP) is 0.824. The van der Waals surface area contributed by atoms with Crippen molar-refractivity contribution in [3.8, 4) is 0 Å². The molecule has 2 rings (SSSR count). The average molecular weight is 263 g/mol. The summed E-state index contributed by atoms with van der Waals surface area (Å²) in [7, 11) is 1.30. The minimum Gasteiger partial charge on any atom is -0.469 e. The van der Waals surface area contributed by atoms with Gasteiger partial charge in [-0.25, -0.2) is 4.98 Å². The van der Waals surface area contributed by atoms with Gasteiger partial charge in [0.2, 0.25) is 0 Å². The van der Waals surface area contributed by atoms with Crippen molar-refractivity contribution in [1.29, 1.82) is 0 Å². The normalized spacial score (nSPS) is 10.4. The molecule has 0 saturated carbocycles. The van der Waals surface area contributed by atoms with Crippen LogP contribution in [0.5, 0.6) is 0 Å². The third-order valence-electron chi connectivity index (χ3n) is 2.61. The van der Waals surface area contributed by atoms with Gasteiger partial charge < -0.3 is 14.6 Å². The second-order valence-electron chi connectivity index (χ2n) is 3.93. The fourth-order valence-corrected chi connectivity index (χ4v) is 1.55. The van der Waals surface area contributed by atoms with Crippen molar-refractivity contribution in [2.24, 2.45) is 0 Å². The number of hydrogen-bond acceptors (Lipinski definition) is 6. The van der Waals surface area contributed by atoms with Gasteiger partial charge in [-0.1, -0.05) is 5.16 Å². The highest BCUT2D eigenvalue weighted by molar-refractivity contribution is 5.97. The van der Waals surface area contributed by atoms with Gasteiger partial charge in [-0.3, -0.25) is 9.59 Å². The number of methoxy groups -OCH3 is 1. The number of carbonyl (C=O) groups excluding carboxylic acids is 2. The van der Waals surface area contributed by atoms with E-state index in [1.165, 1.54) is 13.3 Å². The molecule has 2 aromatic heterocycles. The topological polar surface area (TPSA) is 94.3 Å². The SMILES string of the molecule is COC(=O)CCNC(=O)c1cnc2onc(C)c2c1. The smallest absolute Gasteiger partial charge is 0.307 e. The molecular formula is C12H13N3O4. The quantitative estimate of drug-likeness (QED) is 0.821. The lowest BCUT2D eigenvalue weighted by Gasteiger charge is -2.03. The molecule has 0 saturated heterocycles. The third-order valence-corrected chi connectivity index (χ3v) is 2.61. The monoisotopic (exact) mass is 263 g/mol. The summed E-state index contributed by atoms with van der Waals surface area (Å²) >= 11 is 0. The minimum absolute atomic E-state index is 0.129. The molecule has 0 radical (unpaired) electrons. The van der Waals surface area contributed by atoms with E-state index in [0.717, 1.165) is 0 Å². The first-order valence-electron chi connectivity index (χ1n) is 5.69. The summed E-state index contributed by atoms with van der Waals surface area (Å²) in [5.74, 6) is -0.678. The molecule has 0 aromatic carbocycles. The number of aromatic nitrogens is 2. The second kappa shape index (κ2) is 5.47. The molecule has 19 heavy (non-hydrogen) atoms. The Kier molecular flexibility index (Phi) is 3.74. The summed E-state index contributed by atoms with van der Waals surface area (Å²) in [6.07, 6.45) is 1.53. The Bertz CT molecular complexity index is 620. The van der Waals surface area contributed by atoms with E-state index in [2.05, 4.69) is 20.2 Å². The zero-order valence-corrected chi connectivity index (χ0v) is 10.6. The predicted molar refractivity (Wildman–Crippen MR) is 65.5 cm³/mol. The lowest BCUT2D eigenvalue weighted by atomic mass is 10.2. The molecule has 0 aliphatic rings. The van der Waals surface area contributed by atoms with Crippen molar-refractivity contribution in [2.75, 3.05) is 13.7 Å². The van der Waals surface area contributed by atoms with Crippen LogP contribution < -0.4 is 5.32 Å². The van der Waals surface area contributed by atoms with Gasteiger partial charge in [-0.05, 0) is 13.0 Å². The molecule has 0 atom stereocenters. The van der Waals surface area contributed by atoms with Crippen molar-refractivity contribution >= 4 is 23.0 Å². The van der Waals surface area contributed by atoms with Crippen LogP contribution in [0.4, 0.5) is 0 Å². The summed E-state index contributed by atoms with van der Waals surface area (Å²) in [6, 6.07) is 1.65. The molecule has 1 amide bonds. The van der Waals surface area contributed by atoms with Crippen LogP contribution in [0.25, 0.3) is 11.1 Å². The van der Waals surface area contributed by atoms with Gasteiger partial charge in [0.15, 0.2) is 0 Å². The van der Waals surface area contributed by atoms with E-state index in [1.54, 1.807) is 13.0 Å². The molecular weight excluding hydrogens is 250 g/mol. The maximum Gasteiger partial charge on any atom is 0.307 e.